The Morgan fingerprint density at radius 3 is 2.32 bits per heavy atom. The summed E-state index contributed by atoms with van der Waals surface area (Å²) in [6.07, 6.45) is -0.968. The number of amides is 2. The van der Waals surface area contributed by atoms with Crippen LogP contribution in [-0.4, -0.2) is 77.0 Å². The molecule has 1 fully saturated rings. The van der Waals surface area contributed by atoms with Gasteiger partial charge in [0.2, 0.25) is 5.91 Å². The molecule has 4 atom stereocenters. The average molecular weight is 482 g/mol. The Kier molecular flexibility index (Phi) is 9.78. The summed E-state index contributed by atoms with van der Waals surface area (Å²) in [6, 6.07) is 3.99. The molecule has 1 aliphatic rings. The summed E-state index contributed by atoms with van der Waals surface area (Å²) < 4.78 is 15.9. The van der Waals surface area contributed by atoms with Crippen LogP contribution in [0.2, 0.25) is 0 Å². The molecule has 1 heterocycles. The number of aliphatic hydroxyl groups is 1. The van der Waals surface area contributed by atoms with Gasteiger partial charge in [-0.2, -0.15) is 0 Å². The lowest BCUT2D eigenvalue weighted by atomic mass is 9.93. The second kappa shape index (κ2) is 12.3. The first-order chi connectivity index (χ1) is 16.1. The highest BCUT2D eigenvalue weighted by molar-refractivity contribution is 5.94. The van der Waals surface area contributed by atoms with E-state index in [4.69, 9.17) is 19.3 Å². The van der Waals surface area contributed by atoms with Crippen LogP contribution in [0.3, 0.4) is 0 Å². The molecule has 2 amide bonds. The fourth-order valence-corrected chi connectivity index (χ4v) is 3.56. The Hall–Kier alpha value is -3.22. The van der Waals surface area contributed by atoms with E-state index in [2.05, 4.69) is 10.6 Å². The zero-order valence-electron chi connectivity index (χ0n) is 19.0. The number of unbranched alkanes of at least 4 members (excludes halogenated alkanes) is 2. The molecule has 0 radical (unpaired) electrons. The van der Waals surface area contributed by atoms with Gasteiger partial charge in [-0.05, 0) is 37.1 Å². The number of methoxy groups -OCH3 is 1. The minimum atomic E-state index is -2.28. The number of hydrogen-bond acceptors (Lipinski definition) is 8. The monoisotopic (exact) mass is 482 g/mol. The van der Waals surface area contributed by atoms with Crippen LogP contribution in [0.5, 0.6) is 5.75 Å². The Labute approximate surface area is 196 Å². The number of aliphatic carboxylic acids is 2. The summed E-state index contributed by atoms with van der Waals surface area (Å²) in [5.74, 6) is -5.26. The molecule has 1 saturated heterocycles. The second-order valence-electron chi connectivity index (χ2n) is 7.86. The molecule has 0 unspecified atom stereocenters. The Morgan fingerprint density at radius 2 is 1.76 bits per heavy atom. The SMILES string of the molecule is COc1ccc(C(=O)N[C@H]2C[C@](OCCCCCC(=O)O)(C(=O)O)O[C@@H](O)[C@@H]2NC(C)=O)cc1. The molecule has 12 nitrogen and oxygen atoms in total. The van der Waals surface area contributed by atoms with Crippen LogP contribution in [0, 0.1) is 0 Å². The van der Waals surface area contributed by atoms with Gasteiger partial charge in [0, 0.05) is 25.3 Å². The number of benzene rings is 1. The van der Waals surface area contributed by atoms with Crippen molar-refractivity contribution >= 4 is 23.8 Å². The first-order valence-electron chi connectivity index (χ1n) is 10.7. The first kappa shape index (κ1) is 27.0. The summed E-state index contributed by atoms with van der Waals surface area (Å²) in [5.41, 5.74) is 0.253. The van der Waals surface area contributed by atoms with Crippen molar-refractivity contribution in [3.63, 3.8) is 0 Å². The zero-order valence-corrected chi connectivity index (χ0v) is 19.0. The van der Waals surface area contributed by atoms with Crippen LogP contribution in [0.4, 0.5) is 0 Å². The molecule has 188 valence electrons. The number of hydrogen-bond donors (Lipinski definition) is 5. The molecule has 1 aromatic rings. The molecule has 0 aliphatic carbocycles. The van der Waals surface area contributed by atoms with Crippen LogP contribution >= 0.6 is 0 Å². The molecule has 2 rings (SSSR count). The molecular formula is C22H30N2O10. The summed E-state index contributed by atoms with van der Waals surface area (Å²) >= 11 is 0. The van der Waals surface area contributed by atoms with Crippen LogP contribution < -0.4 is 15.4 Å². The lowest BCUT2D eigenvalue weighted by Crippen LogP contribution is -2.67. The van der Waals surface area contributed by atoms with Crippen molar-refractivity contribution in [2.45, 2.75) is 63.2 Å². The van der Waals surface area contributed by atoms with Crippen molar-refractivity contribution in [1.82, 2.24) is 10.6 Å². The van der Waals surface area contributed by atoms with Gasteiger partial charge in [0.1, 0.15) is 11.8 Å². The third-order valence-corrected chi connectivity index (χ3v) is 5.28. The number of rotatable bonds is 12. The molecule has 1 aromatic carbocycles. The maximum atomic E-state index is 12.8. The minimum absolute atomic E-state index is 0.0167. The molecule has 0 saturated carbocycles. The predicted octanol–water partition coefficient (Wildman–Crippen LogP) is 0.480. The van der Waals surface area contributed by atoms with Crippen molar-refractivity contribution in [3.05, 3.63) is 29.8 Å². The van der Waals surface area contributed by atoms with E-state index in [1.165, 1.54) is 26.2 Å². The highest BCUT2D eigenvalue weighted by Gasteiger charge is 2.53. The highest BCUT2D eigenvalue weighted by atomic mass is 16.8. The number of carboxylic acids is 2. The molecule has 12 heteroatoms. The number of nitrogens with one attached hydrogen (secondary N) is 2. The summed E-state index contributed by atoms with van der Waals surface area (Å²) in [5, 5.41) is 34.1. The largest absolute Gasteiger partial charge is 0.497 e. The average Bonchev–Trinajstić information content (AvgIpc) is 2.78. The van der Waals surface area contributed by atoms with Gasteiger partial charge in [-0.15, -0.1) is 0 Å². The standard InChI is InChI=1S/C22H30N2O10/c1-13(25)23-18-16(24-19(28)14-7-9-15(32-2)10-8-14)12-22(21(30)31,34-20(18)29)33-11-5-3-4-6-17(26)27/h7-10,16,18,20,29H,3-6,11-12H2,1-2H3,(H,23,25)(H,24,28)(H,26,27)(H,30,31)/t16-,18+,20+,22+/m0/s1. The molecule has 34 heavy (non-hydrogen) atoms. The van der Waals surface area contributed by atoms with Gasteiger partial charge in [-0.1, -0.05) is 6.42 Å². The Morgan fingerprint density at radius 1 is 1.09 bits per heavy atom. The van der Waals surface area contributed by atoms with Gasteiger partial charge < -0.3 is 40.2 Å². The summed E-state index contributed by atoms with van der Waals surface area (Å²) in [6.45, 7) is 1.13. The number of ether oxygens (including phenoxy) is 3. The number of aliphatic hydroxyl groups excluding tert-OH is 1. The van der Waals surface area contributed by atoms with E-state index in [1.807, 2.05) is 0 Å². The van der Waals surface area contributed by atoms with Crippen molar-refractivity contribution in [3.8, 4) is 5.75 Å². The topological polar surface area (TPSA) is 181 Å². The maximum absolute atomic E-state index is 12.8. The second-order valence-corrected chi connectivity index (χ2v) is 7.86. The van der Waals surface area contributed by atoms with E-state index in [9.17, 15) is 29.4 Å². The van der Waals surface area contributed by atoms with Gasteiger partial charge in [-0.3, -0.25) is 14.4 Å². The van der Waals surface area contributed by atoms with E-state index in [-0.39, 0.29) is 18.6 Å². The van der Waals surface area contributed by atoms with Crippen LogP contribution in [0.1, 0.15) is 49.4 Å². The summed E-state index contributed by atoms with van der Waals surface area (Å²) in [4.78, 5) is 47.1. The van der Waals surface area contributed by atoms with Gasteiger partial charge in [0.05, 0.1) is 19.8 Å². The molecule has 1 aliphatic heterocycles. The highest BCUT2D eigenvalue weighted by Crippen LogP contribution is 2.31. The number of carboxylic acid groups (broad SMARTS) is 2. The van der Waals surface area contributed by atoms with Crippen LogP contribution in [0.25, 0.3) is 0 Å². The van der Waals surface area contributed by atoms with Gasteiger partial charge in [-0.25, -0.2) is 4.79 Å². The minimum Gasteiger partial charge on any atom is -0.497 e. The molecule has 0 aromatic heterocycles. The molecule has 5 N–H and O–H groups in total. The molecular weight excluding hydrogens is 452 g/mol. The van der Waals surface area contributed by atoms with E-state index >= 15 is 0 Å². The normalized spacial score (nSPS) is 24.1. The lowest BCUT2D eigenvalue weighted by Gasteiger charge is -2.44. The fraction of sp³-hybridized carbons (Fsp3) is 0.545. The van der Waals surface area contributed by atoms with Crippen LogP contribution in [0.15, 0.2) is 24.3 Å². The van der Waals surface area contributed by atoms with Crippen molar-refractivity contribution in [1.29, 1.82) is 0 Å². The predicted molar refractivity (Wildman–Crippen MR) is 116 cm³/mol. The van der Waals surface area contributed by atoms with E-state index in [0.29, 0.717) is 25.0 Å². The third-order valence-electron chi connectivity index (χ3n) is 5.28. The lowest BCUT2D eigenvalue weighted by molar-refractivity contribution is -0.322. The summed E-state index contributed by atoms with van der Waals surface area (Å²) in [7, 11) is 1.48. The zero-order chi connectivity index (χ0) is 25.3. The van der Waals surface area contributed by atoms with Gasteiger partial charge >= 0.3 is 11.9 Å². The van der Waals surface area contributed by atoms with E-state index in [0.717, 1.165) is 0 Å². The van der Waals surface area contributed by atoms with Crippen molar-refractivity contribution < 1.29 is 48.7 Å². The number of carbonyl (C=O) groups is 4. The van der Waals surface area contributed by atoms with Gasteiger partial charge in [0.25, 0.3) is 11.7 Å². The fourth-order valence-electron chi connectivity index (χ4n) is 3.56. The quantitative estimate of drug-likeness (QED) is 0.263. The van der Waals surface area contributed by atoms with E-state index in [1.54, 1.807) is 12.1 Å². The van der Waals surface area contributed by atoms with Gasteiger partial charge in [0.15, 0.2) is 6.29 Å². The third kappa shape index (κ3) is 7.40. The Balaban J connectivity index is 2.16. The molecule has 0 bridgehead atoms. The van der Waals surface area contributed by atoms with Crippen molar-refractivity contribution in [2.75, 3.05) is 13.7 Å². The smallest absolute Gasteiger partial charge is 0.364 e. The Bertz CT molecular complexity index is 875. The van der Waals surface area contributed by atoms with E-state index < -0.39 is 54.3 Å². The van der Waals surface area contributed by atoms with Crippen molar-refractivity contribution in [2.24, 2.45) is 0 Å². The number of carbonyl (C=O) groups excluding carboxylic acids is 2. The maximum Gasteiger partial charge on any atom is 0.364 e. The molecule has 0 spiro atoms. The first-order valence-corrected chi connectivity index (χ1v) is 10.7. The van der Waals surface area contributed by atoms with Crippen LogP contribution in [-0.2, 0) is 23.9 Å².